The molecule has 0 aliphatic heterocycles. The maximum atomic E-state index is 13.0. The number of carboxylic acid groups (broad SMARTS) is 1. The average Bonchev–Trinajstić information content (AvgIpc) is 2.41. The minimum absolute atomic E-state index is 0.0552. The van der Waals surface area contributed by atoms with Crippen molar-refractivity contribution < 1.29 is 23.5 Å². The predicted octanol–water partition coefficient (Wildman–Crippen LogP) is 2.97. The molecule has 0 bridgehead atoms. The largest absolute Gasteiger partial charge is 0.481 e. The van der Waals surface area contributed by atoms with E-state index in [0.717, 1.165) is 12.1 Å². The van der Waals surface area contributed by atoms with Gasteiger partial charge in [-0.05, 0) is 38.0 Å². The van der Waals surface area contributed by atoms with Crippen LogP contribution < -0.4 is 5.32 Å². The van der Waals surface area contributed by atoms with Crippen LogP contribution in [0.25, 0.3) is 0 Å². The van der Waals surface area contributed by atoms with Gasteiger partial charge >= 0.3 is 5.97 Å². The molecule has 2 N–H and O–H groups in total. The molecule has 6 heteroatoms. The summed E-state index contributed by atoms with van der Waals surface area (Å²) in [7, 11) is 0. The summed E-state index contributed by atoms with van der Waals surface area (Å²) in [5.74, 6) is -3.80. The number of halogens is 2. The Hall–Kier alpha value is -1.98. The van der Waals surface area contributed by atoms with E-state index in [0.29, 0.717) is 19.3 Å². The van der Waals surface area contributed by atoms with Crippen molar-refractivity contribution >= 4 is 11.9 Å². The van der Waals surface area contributed by atoms with Gasteiger partial charge in [0.05, 0.1) is 5.92 Å². The summed E-state index contributed by atoms with van der Waals surface area (Å²) in [4.78, 5) is 22.5. The van der Waals surface area contributed by atoms with Gasteiger partial charge in [-0.1, -0.05) is 13.3 Å². The lowest BCUT2D eigenvalue weighted by molar-refractivity contribution is -0.141. The highest BCUT2D eigenvalue weighted by Crippen LogP contribution is 2.11. The summed E-state index contributed by atoms with van der Waals surface area (Å²) in [5.41, 5.74) is 0.0552. The van der Waals surface area contributed by atoms with Gasteiger partial charge in [0.25, 0.3) is 5.91 Å². The third kappa shape index (κ3) is 5.49. The Morgan fingerprint density at radius 2 is 1.86 bits per heavy atom. The van der Waals surface area contributed by atoms with Crippen molar-refractivity contribution in [2.24, 2.45) is 5.92 Å². The zero-order valence-corrected chi connectivity index (χ0v) is 12.0. The van der Waals surface area contributed by atoms with Crippen molar-refractivity contribution in [2.45, 2.75) is 39.2 Å². The molecule has 1 aromatic rings. The van der Waals surface area contributed by atoms with Crippen LogP contribution in [0.15, 0.2) is 18.2 Å². The van der Waals surface area contributed by atoms with Crippen LogP contribution in [0.4, 0.5) is 8.78 Å². The van der Waals surface area contributed by atoms with E-state index in [9.17, 15) is 18.4 Å². The molecule has 116 valence electrons. The van der Waals surface area contributed by atoms with E-state index in [1.807, 2.05) is 0 Å². The molecule has 0 saturated carbocycles. The van der Waals surface area contributed by atoms with Crippen LogP contribution in [0.5, 0.6) is 0 Å². The summed E-state index contributed by atoms with van der Waals surface area (Å²) in [6, 6.07) is 2.80. The van der Waals surface area contributed by atoms with Crippen molar-refractivity contribution in [3.8, 4) is 0 Å². The lowest BCUT2D eigenvalue weighted by Crippen LogP contribution is -2.32. The van der Waals surface area contributed by atoms with E-state index < -0.39 is 29.4 Å². The third-order valence-corrected chi connectivity index (χ3v) is 3.26. The van der Waals surface area contributed by atoms with Crippen LogP contribution in [-0.2, 0) is 4.79 Å². The number of amides is 1. The minimum atomic E-state index is -1.06. The summed E-state index contributed by atoms with van der Waals surface area (Å²) in [6.45, 7) is 3.41. The number of carboxylic acids is 1. The zero-order valence-electron chi connectivity index (χ0n) is 12.0. The minimum Gasteiger partial charge on any atom is -0.481 e. The lowest BCUT2D eigenvalue weighted by atomic mass is 10.0. The van der Waals surface area contributed by atoms with Crippen molar-refractivity contribution in [3.63, 3.8) is 0 Å². The van der Waals surface area contributed by atoms with E-state index in [-0.39, 0.29) is 11.6 Å². The Morgan fingerprint density at radius 1 is 1.19 bits per heavy atom. The van der Waals surface area contributed by atoms with E-state index in [1.165, 1.54) is 6.07 Å². The second-order valence-corrected chi connectivity index (χ2v) is 5.17. The van der Waals surface area contributed by atoms with Crippen molar-refractivity contribution in [1.82, 2.24) is 5.32 Å². The molecule has 1 rings (SSSR count). The van der Waals surface area contributed by atoms with Crippen LogP contribution in [-0.4, -0.2) is 23.0 Å². The molecule has 21 heavy (non-hydrogen) atoms. The summed E-state index contributed by atoms with van der Waals surface area (Å²) in [6.07, 6.45) is 1.81. The Labute approximate surface area is 122 Å². The normalized spacial score (nSPS) is 13.5. The molecule has 1 amide bonds. The van der Waals surface area contributed by atoms with Crippen LogP contribution in [0, 0.1) is 17.6 Å². The molecule has 4 nitrogen and oxygen atoms in total. The first-order chi connectivity index (χ1) is 9.81. The average molecular weight is 299 g/mol. The molecule has 0 aliphatic rings. The number of carbonyl (C=O) groups excluding carboxylic acids is 1. The Morgan fingerprint density at radius 3 is 2.43 bits per heavy atom. The number of carbonyl (C=O) groups is 2. The molecule has 0 aromatic heterocycles. The molecule has 1 aromatic carbocycles. The standard InChI is InChI=1S/C15H19F2NO3/c1-9(15(20)21)4-3-5-10(2)18-14(19)11-6-7-12(16)13(17)8-11/h6-10H,3-5H2,1-2H3,(H,18,19)(H,20,21). The van der Waals surface area contributed by atoms with E-state index in [2.05, 4.69) is 5.32 Å². The van der Waals surface area contributed by atoms with Gasteiger partial charge in [0, 0.05) is 11.6 Å². The quantitative estimate of drug-likeness (QED) is 0.813. The molecule has 0 radical (unpaired) electrons. The fourth-order valence-electron chi connectivity index (χ4n) is 1.87. The van der Waals surface area contributed by atoms with E-state index >= 15 is 0 Å². The maximum absolute atomic E-state index is 13.0. The summed E-state index contributed by atoms with van der Waals surface area (Å²) in [5, 5.41) is 11.4. The van der Waals surface area contributed by atoms with Crippen LogP contribution in [0.2, 0.25) is 0 Å². The number of nitrogens with one attached hydrogen (secondary N) is 1. The number of benzene rings is 1. The van der Waals surface area contributed by atoms with Gasteiger partial charge in [0.15, 0.2) is 11.6 Å². The fraction of sp³-hybridized carbons (Fsp3) is 0.467. The topological polar surface area (TPSA) is 66.4 Å². The van der Waals surface area contributed by atoms with Crippen LogP contribution >= 0.6 is 0 Å². The van der Waals surface area contributed by atoms with Gasteiger partial charge in [-0.3, -0.25) is 9.59 Å². The van der Waals surface area contributed by atoms with Gasteiger partial charge in [-0.25, -0.2) is 8.78 Å². The molecule has 2 atom stereocenters. The van der Waals surface area contributed by atoms with Gasteiger partial charge in [0.1, 0.15) is 0 Å². The first kappa shape index (κ1) is 17.1. The second-order valence-electron chi connectivity index (χ2n) is 5.17. The first-order valence-corrected chi connectivity index (χ1v) is 6.80. The lowest BCUT2D eigenvalue weighted by Gasteiger charge is -2.14. The zero-order chi connectivity index (χ0) is 16.0. The molecule has 0 spiro atoms. The number of hydrogen-bond donors (Lipinski definition) is 2. The number of hydrogen-bond acceptors (Lipinski definition) is 2. The molecular weight excluding hydrogens is 280 g/mol. The highest BCUT2D eigenvalue weighted by molar-refractivity contribution is 5.94. The number of rotatable bonds is 7. The maximum Gasteiger partial charge on any atom is 0.306 e. The fourth-order valence-corrected chi connectivity index (χ4v) is 1.87. The predicted molar refractivity (Wildman–Crippen MR) is 73.9 cm³/mol. The van der Waals surface area contributed by atoms with Gasteiger partial charge in [-0.2, -0.15) is 0 Å². The molecule has 0 heterocycles. The molecular formula is C15H19F2NO3. The second kappa shape index (κ2) is 7.71. The SMILES string of the molecule is CC(CCCC(C)C(=O)O)NC(=O)c1ccc(F)c(F)c1. The Balaban J connectivity index is 2.43. The van der Waals surface area contributed by atoms with E-state index in [4.69, 9.17) is 5.11 Å². The van der Waals surface area contributed by atoms with Crippen molar-refractivity contribution in [2.75, 3.05) is 0 Å². The highest BCUT2D eigenvalue weighted by Gasteiger charge is 2.14. The van der Waals surface area contributed by atoms with Crippen LogP contribution in [0.1, 0.15) is 43.5 Å². The van der Waals surface area contributed by atoms with Gasteiger partial charge in [0.2, 0.25) is 0 Å². The van der Waals surface area contributed by atoms with Crippen LogP contribution in [0.3, 0.4) is 0 Å². The van der Waals surface area contributed by atoms with Gasteiger partial charge < -0.3 is 10.4 Å². The smallest absolute Gasteiger partial charge is 0.306 e. The highest BCUT2D eigenvalue weighted by atomic mass is 19.2. The van der Waals surface area contributed by atoms with Crippen molar-refractivity contribution in [3.05, 3.63) is 35.4 Å². The number of aliphatic carboxylic acids is 1. The molecule has 0 saturated heterocycles. The summed E-state index contributed by atoms with van der Waals surface area (Å²) >= 11 is 0. The molecule has 2 unspecified atom stereocenters. The van der Waals surface area contributed by atoms with E-state index in [1.54, 1.807) is 13.8 Å². The summed E-state index contributed by atoms with van der Waals surface area (Å²) < 4.78 is 25.8. The monoisotopic (exact) mass is 299 g/mol. The third-order valence-electron chi connectivity index (χ3n) is 3.26. The van der Waals surface area contributed by atoms with Gasteiger partial charge in [-0.15, -0.1) is 0 Å². The Bertz CT molecular complexity index is 520. The van der Waals surface area contributed by atoms with Crippen molar-refractivity contribution in [1.29, 1.82) is 0 Å². The first-order valence-electron chi connectivity index (χ1n) is 6.80. The molecule has 0 fully saturated rings. The Kier molecular flexibility index (Phi) is 6.27. The molecule has 0 aliphatic carbocycles.